The van der Waals surface area contributed by atoms with Crippen molar-refractivity contribution < 1.29 is 9.35 Å². The number of hydrogen-bond acceptors (Lipinski definition) is 3. The highest BCUT2D eigenvalue weighted by Crippen LogP contribution is 2.41. The van der Waals surface area contributed by atoms with Gasteiger partial charge in [0.25, 0.3) is 5.69 Å². The molecule has 176 valence electrons. The lowest BCUT2D eigenvalue weighted by Crippen LogP contribution is -2.42. The van der Waals surface area contributed by atoms with Gasteiger partial charge in [0.1, 0.15) is 0 Å². The zero-order valence-electron chi connectivity index (χ0n) is 21.2. The van der Waals surface area contributed by atoms with Crippen LogP contribution in [0.15, 0.2) is 18.2 Å². The number of nitro benzene ring substituents is 1. The highest BCUT2D eigenvalue weighted by Gasteiger charge is 2.38. The Labute approximate surface area is 192 Å². The largest absolute Gasteiger partial charge is 0.417 e. The second-order valence-corrected chi connectivity index (χ2v) is 14.3. The predicted molar refractivity (Wildman–Crippen MR) is 133 cm³/mol. The van der Waals surface area contributed by atoms with Gasteiger partial charge in [-0.25, -0.2) is 0 Å². The Morgan fingerprint density at radius 2 is 1.71 bits per heavy atom. The van der Waals surface area contributed by atoms with Crippen LogP contribution in [-0.4, -0.2) is 20.1 Å². The standard InChI is InChI=1S/C26H45NO3Si/c1-25(2,3)21-16-14-19(18-23(21)27(28)29)15-17-22(26(4,5)6)24(30-31(7)8)20-12-10-9-11-13-20/h14,16,18,20,22,24,31H,9-13,15,17H2,1-8H3/t22-,24?/m0/s1. The second kappa shape index (κ2) is 10.6. The molecule has 31 heavy (non-hydrogen) atoms. The van der Waals surface area contributed by atoms with Crippen LogP contribution in [0.5, 0.6) is 0 Å². The van der Waals surface area contributed by atoms with Crippen LogP contribution in [0.4, 0.5) is 5.69 Å². The van der Waals surface area contributed by atoms with Gasteiger partial charge >= 0.3 is 0 Å². The van der Waals surface area contributed by atoms with Gasteiger partial charge in [0.05, 0.1) is 11.0 Å². The fraction of sp³-hybridized carbons (Fsp3) is 0.769. The van der Waals surface area contributed by atoms with E-state index >= 15 is 0 Å². The summed E-state index contributed by atoms with van der Waals surface area (Å²) in [5.41, 5.74) is 2.03. The summed E-state index contributed by atoms with van der Waals surface area (Å²) in [4.78, 5) is 11.5. The number of rotatable bonds is 8. The Bertz CT molecular complexity index is 727. The van der Waals surface area contributed by atoms with E-state index in [-0.39, 0.29) is 21.4 Å². The Balaban J connectivity index is 2.28. The Hall–Kier alpha value is -1.20. The molecule has 1 aromatic rings. The topological polar surface area (TPSA) is 52.4 Å². The number of nitrogens with zero attached hydrogens (tertiary/aromatic N) is 1. The predicted octanol–water partition coefficient (Wildman–Crippen LogP) is 7.44. The van der Waals surface area contributed by atoms with Crippen molar-refractivity contribution in [1.29, 1.82) is 0 Å². The minimum absolute atomic E-state index is 0.142. The average molecular weight is 448 g/mol. The summed E-state index contributed by atoms with van der Waals surface area (Å²) in [7, 11) is -1.16. The summed E-state index contributed by atoms with van der Waals surface area (Å²) in [6, 6.07) is 5.88. The highest BCUT2D eigenvalue weighted by molar-refractivity contribution is 6.48. The van der Waals surface area contributed by atoms with Gasteiger partial charge in [0, 0.05) is 11.6 Å². The van der Waals surface area contributed by atoms with Crippen LogP contribution in [0.1, 0.15) is 91.2 Å². The molecule has 1 unspecified atom stereocenters. The molecule has 0 heterocycles. The van der Waals surface area contributed by atoms with E-state index in [4.69, 9.17) is 4.43 Å². The molecule has 0 saturated heterocycles. The molecule has 0 N–H and O–H groups in total. The van der Waals surface area contributed by atoms with Crippen LogP contribution in [0.3, 0.4) is 0 Å². The maximum Gasteiger partial charge on any atom is 0.273 e. The number of benzene rings is 1. The van der Waals surface area contributed by atoms with Crippen LogP contribution in [0, 0.1) is 27.4 Å². The summed E-state index contributed by atoms with van der Waals surface area (Å²) < 4.78 is 6.72. The van der Waals surface area contributed by atoms with Gasteiger partial charge in [-0.1, -0.05) is 72.9 Å². The Morgan fingerprint density at radius 3 is 2.19 bits per heavy atom. The first-order valence-electron chi connectivity index (χ1n) is 12.2. The Kier molecular flexibility index (Phi) is 8.92. The molecule has 1 aromatic carbocycles. The first kappa shape index (κ1) is 26.1. The number of nitro groups is 1. The smallest absolute Gasteiger partial charge is 0.273 e. The zero-order chi connectivity index (χ0) is 23.4. The van der Waals surface area contributed by atoms with Crippen molar-refractivity contribution >= 4 is 14.7 Å². The molecule has 0 radical (unpaired) electrons. The van der Waals surface area contributed by atoms with Gasteiger partial charge < -0.3 is 4.43 Å². The van der Waals surface area contributed by atoms with E-state index in [0.717, 1.165) is 24.0 Å². The lowest BCUT2D eigenvalue weighted by molar-refractivity contribution is -0.386. The monoisotopic (exact) mass is 447 g/mol. The summed E-state index contributed by atoms with van der Waals surface area (Å²) in [5, 5.41) is 11.7. The van der Waals surface area contributed by atoms with Crippen molar-refractivity contribution in [2.45, 2.75) is 111 Å². The molecular formula is C26H45NO3Si. The molecule has 1 aliphatic carbocycles. The van der Waals surface area contributed by atoms with Gasteiger partial charge in [-0.3, -0.25) is 10.1 Å². The molecule has 2 atom stereocenters. The van der Waals surface area contributed by atoms with Crippen molar-refractivity contribution in [3.8, 4) is 0 Å². The van der Waals surface area contributed by atoms with Crippen LogP contribution < -0.4 is 0 Å². The summed E-state index contributed by atoms with van der Waals surface area (Å²) in [6.07, 6.45) is 8.75. The van der Waals surface area contributed by atoms with Crippen molar-refractivity contribution in [2.24, 2.45) is 17.3 Å². The van der Waals surface area contributed by atoms with E-state index < -0.39 is 9.04 Å². The third-order valence-corrected chi connectivity index (χ3v) is 7.72. The third kappa shape index (κ3) is 7.42. The molecule has 0 bridgehead atoms. The molecule has 1 aliphatic rings. The molecule has 5 heteroatoms. The summed E-state index contributed by atoms with van der Waals surface area (Å²) in [5.74, 6) is 1.11. The molecule has 0 amide bonds. The molecule has 0 spiro atoms. The second-order valence-electron chi connectivity index (χ2n) is 11.9. The highest BCUT2D eigenvalue weighted by atomic mass is 28.3. The minimum atomic E-state index is -1.16. The lowest BCUT2D eigenvalue weighted by atomic mass is 9.69. The fourth-order valence-corrected chi connectivity index (χ4v) is 6.28. The van der Waals surface area contributed by atoms with E-state index in [1.54, 1.807) is 0 Å². The molecule has 0 aromatic heterocycles. The van der Waals surface area contributed by atoms with Gasteiger partial charge in [0.15, 0.2) is 9.04 Å². The Morgan fingerprint density at radius 1 is 1.10 bits per heavy atom. The van der Waals surface area contributed by atoms with Crippen molar-refractivity contribution in [1.82, 2.24) is 0 Å². The molecule has 1 saturated carbocycles. The first-order chi connectivity index (χ1) is 14.3. The summed E-state index contributed by atoms with van der Waals surface area (Å²) in [6.45, 7) is 17.7. The number of hydrogen-bond donors (Lipinski definition) is 0. The third-order valence-electron chi connectivity index (χ3n) is 6.86. The van der Waals surface area contributed by atoms with Crippen LogP contribution in [0.25, 0.3) is 0 Å². The van der Waals surface area contributed by atoms with Crippen LogP contribution >= 0.6 is 0 Å². The van der Waals surface area contributed by atoms with E-state index in [1.807, 2.05) is 32.9 Å². The zero-order valence-corrected chi connectivity index (χ0v) is 22.3. The number of aryl methyl sites for hydroxylation is 1. The molecule has 0 aliphatic heterocycles. The van der Waals surface area contributed by atoms with Gasteiger partial charge in [-0.15, -0.1) is 0 Å². The van der Waals surface area contributed by atoms with Crippen molar-refractivity contribution in [3.63, 3.8) is 0 Å². The van der Waals surface area contributed by atoms with E-state index in [0.29, 0.717) is 17.9 Å². The molecule has 1 fully saturated rings. The van der Waals surface area contributed by atoms with Crippen molar-refractivity contribution in [3.05, 3.63) is 39.4 Å². The maximum absolute atomic E-state index is 11.7. The van der Waals surface area contributed by atoms with Crippen LogP contribution in [-0.2, 0) is 16.3 Å². The summed E-state index contributed by atoms with van der Waals surface area (Å²) >= 11 is 0. The minimum Gasteiger partial charge on any atom is -0.417 e. The van der Waals surface area contributed by atoms with Crippen molar-refractivity contribution in [2.75, 3.05) is 0 Å². The first-order valence-corrected chi connectivity index (χ1v) is 15.0. The van der Waals surface area contributed by atoms with Crippen LogP contribution in [0.2, 0.25) is 13.1 Å². The maximum atomic E-state index is 11.7. The van der Waals surface area contributed by atoms with E-state index in [1.165, 1.54) is 32.1 Å². The normalized spacial score (nSPS) is 18.2. The SMILES string of the molecule is C[SiH](C)OC(C1CCCCC1)[C@H](CCc1ccc(C(C)(C)C)c([N+](=O)[O-])c1)C(C)(C)C. The van der Waals surface area contributed by atoms with Gasteiger partial charge in [-0.05, 0) is 67.0 Å². The quantitative estimate of drug-likeness (QED) is 0.236. The van der Waals surface area contributed by atoms with Gasteiger partial charge in [-0.2, -0.15) is 0 Å². The van der Waals surface area contributed by atoms with E-state index in [2.05, 4.69) is 39.9 Å². The van der Waals surface area contributed by atoms with Gasteiger partial charge in [0.2, 0.25) is 0 Å². The molecule has 2 rings (SSSR count). The van der Waals surface area contributed by atoms with E-state index in [9.17, 15) is 10.1 Å². The molecule has 4 nitrogen and oxygen atoms in total. The fourth-order valence-electron chi connectivity index (χ4n) is 5.24. The average Bonchev–Trinajstić information content (AvgIpc) is 2.65. The lowest BCUT2D eigenvalue weighted by Gasteiger charge is -2.43. The molecular weight excluding hydrogens is 402 g/mol.